The molecule has 0 saturated carbocycles. The number of morpholine rings is 1. The van der Waals surface area contributed by atoms with Gasteiger partial charge in [0.25, 0.3) is 0 Å². The van der Waals surface area contributed by atoms with Crippen LogP contribution in [0.25, 0.3) is 0 Å². The van der Waals surface area contributed by atoms with Crippen molar-refractivity contribution in [1.29, 1.82) is 0 Å². The first kappa shape index (κ1) is 18.1. The van der Waals surface area contributed by atoms with Gasteiger partial charge in [0, 0.05) is 23.6 Å². The Bertz CT molecular complexity index is 732. The summed E-state index contributed by atoms with van der Waals surface area (Å²) in [7, 11) is 0. The Hall–Kier alpha value is -1.70. The maximum absolute atomic E-state index is 12.3. The third-order valence-electron chi connectivity index (χ3n) is 4.12. The van der Waals surface area contributed by atoms with E-state index in [9.17, 15) is 4.79 Å². The van der Waals surface area contributed by atoms with Gasteiger partial charge in [0.2, 0.25) is 11.8 Å². The van der Waals surface area contributed by atoms with E-state index in [0.29, 0.717) is 25.6 Å². The lowest BCUT2D eigenvalue weighted by Gasteiger charge is -2.32. The number of halogens is 1. The summed E-state index contributed by atoms with van der Waals surface area (Å²) in [4.78, 5) is 14.4. The van der Waals surface area contributed by atoms with Crippen molar-refractivity contribution in [2.45, 2.75) is 25.9 Å². The Morgan fingerprint density at radius 2 is 2.28 bits per heavy atom. The minimum absolute atomic E-state index is 0.0307. The van der Waals surface area contributed by atoms with Gasteiger partial charge in [0.15, 0.2) is 0 Å². The van der Waals surface area contributed by atoms with Crippen LogP contribution in [-0.2, 0) is 9.53 Å². The normalized spacial score (nSPS) is 18.5. The number of hydrogen-bond donors (Lipinski definition) is 1. The molecule has 1 amide bonds. The van der Waals surface area contributed by atoms with Gasteiger partial charge in [-0.2, -0.15) is 0 Å². The molecular formula is C18H22BrN3O3. The maximum atomic E-state index is 12.3. The third-order valence-corrected chi connectivity index (χ3v) is 4.61. The van der Waals surface area contributed by atoms with Gasteiger partial charge in [-0.3, -0.25) is 15.0 Å². The largest absolute Gasteiger partial charge is 0.371 e. The zero-order valence-electron chi connectivity index (χ0n) is 14.4. The van der Waals surface area contributed by atoms with Crippen LogP contribution in [0.15, 0.2) is 39.3 Å². The van der Waals surface area contributed by atoms with Crippen LogP contribution >= 0.6 is 15.9 Å². The highest BCUT2D eigenvalue weighted by molar-refractivity contribution is 9.10. The predicted molar refractivity (Wildman–Crippen MR) is 98.5 cm³/mol. The average molecular weight is 408 g/mol. The molecule has 3 rings (SSSR count). The van der Waals surface area contributed by atoms with E-state index in [1.54, 1.807) is 6.07 Å². The molecule has 1 saturated heterocycles. The number of hydrogen-bond acceptors (Lipinski definition) is 5. The van der Waals surface area contributed by atoms with Gasteiger partial charge in [0.1, 0.15) is 0 Å². The fourth-order valence-electron chi connectivity index (χ4n) is 2.75. The Kier molecular flexibility index (Phi) is 5.88. The number of rotatable bonds is 5. The summed E-state index contributed by atoms with van der Waals surface area (Å²) in [5.41, 5.74) is 1.94. The molecule has 1 aliphatic rings. The fraction of sp³-hybridized carbons (Fsp3) is 0.444. The molecule has 1 aliphatic heterocycles. The molecule has 0 radical (unpaired) electrons. The van der Waals surface area contributed by atoms with Crippen LogP contribution in [0.4, 0.5) is 5.88 Å². The van der Waals surface area contributed by atoms with Gasteiger partial charge in [-0.15, -0.1) is 0 Å². The summed E-state index contributed by atoms with van der Waals surface area (Å²) in [6, 6.07) is 9.84. The summed E-state index contributed by atoms with van der Waals surface area (Å²) in [5, 5.41) is 6.72. The first-order valence-corrected chi connectivity index (χ1v) is 9.16. The van der Waals surface area contributed by atoms with Crippen molar-refractivity contribution >= 4 is 27.7 Å². The summed E-state index contributed by atoms with van der Waals surface area (Å²) in [6.07, 6.45) is -0.0307. The first-order chi connectivity index (χ1) is 12.0. The predicted octanol–water partition coefficient (Wildman–Crippen LogP) is 3.57. The Morgan fingerprint density at radius 1 is 1.44 bits per heavy atom. The molecule has 134 valence electrons. The summed E-state index contributed by atoms with van der Waals surface area (Å²) < 4.78 is 12.0. The second kappa shape index (κ2) is 8.12. The van der Waals surface area contributed by atoms with E-state index >= 15 is 0 Å². The average Bonchev–Trinajstić information content (AvgIpc) is 3.04. The van der Waals surface area contributed by atoms with Crippen molar-refractivity contribution in [3.8, 4) is 0 Å². The minimum Gasteiger partial charge on any atom is -0.371 e. The first-order valence-electron chi connectivity index (χ1n) is 8.37. The number of carbonyl (C=O) groups excluding carboxylic acids is 1. The Morgan fingerprint density at radius 3 is 3.00 bits per heavy atom. The van der Waals surface area contributed by atoms with Crippen LogP contribution in [0, 0.1) is 0 Å². The van der Waals surface area contributed by atoms with Gasteiger partial charge in [-0.1, -0.05) is 47.1 Å². The van der Waals surface area contributed by atoms with Gasteiger partial charge in [-0.25, -0.2) is 0 Å². The molecule has 25 heavy (non-hydrogen) atoms. The second-order valence-electron chi connectivity index (χ2n) is 6.47. The minimum atomic E-state index is -0.110. The van der Waals surface area contributed by atoms with Crippen molar-refractivity contribution < 1.29 is 14.1 Å². The molecule has 0 bridgehead atoms. The molecule has 1 aromatic heterocycles. The molecule has 6 nitrogen and oxygen atoms in total. The standard InChI is InChI=1S/C18H22BrN3O3/c1-12(2)15-9-18(25-21-15)20-17(23)11-22-6-7-24-16(10-22)13-4-3-5-14(19)8-13/h3-5,8-9,12,16H,6-7,10-11H2,1-2H3,(H,20,23). The van der Waals surface area contributed by atoms with Crippen molar-refractivity contribution in [1.82, 2.24) is 10.1 Å². The van der Waals surface area contributed by atoms with Crippen LogP contribution in [-0.4, -0.2) is 42.2 Å². The maximum Gasteiger partial charge on any atom is 0.240 e. The topological polar surface area (TPSA) is 67.6 Å². The van der Waals surface area contributed by atoms with Gasteiger partial charge in [-0.05, 0) is 23.6 Å². The van der Waals surface area contributed by atoms with Crippen LogP contribution in [0.3, 0.4) is 0 Å². The molecule has 0 aliphatic carbocycles. The zero-order valence-corrected chi connectivity index (χ0v) is 16.0. The van der Waals surface area contributed by atoms with E-state index in [2.05, 4.69) is 37.4 Å². The Labute approximate surface area is 155 Å². The number of carbonyl (C=O) groups is 1. The molecule has 2 heterocycles. The van der Waals surface area contributed by atoms with Crippen molar-refractivity contribution in [2.24, 2.45) is 0 Å². The lowest BCUT2D eigenvalue weighted by molar-refractivity contribution is -0.119. The number of aromatic nitrogens is 1. The van der Waals surface area contributed by atoms with E-state index in [-0.39, 0.29) is 17.9 Å². The van der Waals surface area contributed by atoms with E-state index in [1.807, 2.05) is 32.0 Å². The van der Waals surface area contributed by atoms with Gasteiger partial charge in [0.05, 0.1) is 24.9 Å². The van der Waals surface area contributed by atoms with Crippen LogP contribution in [0.5, 0.6) is 0 Å². The van der Waals surface area contributed by atoms with Crippen LogP contribution < -0.4 is 5.32 Å². The van der Waals surface area contributed by atoms with E-state index in [4.69, 9.17) is 9.26 Å². The highest BCUT2D eigenvalue weighted by Gasteiger charge is 2.24. The molecule has 1 unspecified atom stereocenters. The molecule has 7 heteroatoms. The fourth-order valence-corrected chi connectivity index (χ4v) is 3.17. The highest BCUT2D eigenvalue weighted by atomic mass is 79.9. The second-order valence-corrected chi connectivity index (χ2v) is 7.38. The zero-order chi connectivity index (χ0) is 17.8. The van der Waals surface area contributed by atoms with Crippen LogP contribution in [0.2, 0.25) is 0 Å². The van der Waals surface area contributed by atoms with Crippen molar-refractivity contribution in [2.75, 3.05) is 31.6 Å². The number of nitrogens with zero attached hydrogens (tertiary/aromatic N) is 2. The Balaban J connectivity index is 1.55. The monoisotopic (exact) mass is 407 g/mol. The van der Waals surface area contributed by atoms with Gasteiger partial charge >= 0.3 is 0 Å². The molecule has 1 atom stereocenters. The summed E-state index contributed by atoms with van der Waals surface area (Å²) in [6.45, 7) is 6.36. The molecule has 0 spiro atoms. The molecule has 1 fully saturated rings. The number of anilines is 1. The van der Waals surface area contributed by atoms with Crippen molar-refractivity contribution in [3.05, 3.63) is 46.1 Å². The summed E-state index contributed by atoms with van der Waals surface area (Å²) in [5.74, 6) is 0.548. The molecule has 2 aromatic rings. The van der Waals surface area contributed by atoms with Gasteiger partial charge < -0.3 is 9.26 Å². The smallest absolute Gasteiger partial charge is 0.240 e. The lowest BCUT2D eigenvalue weighted by atomic mass is 10.1. The number of amides is 1. The van der Waals surface area contributed by atoms with E-state index < -0.39 is 0 Å². The SMILES string of the molecule is CC(C)c1cc(NC(=O)CN2CCOC(c3cccc(Br)c3)C2)on1. The lowest BCUT2D eigenvalue weighted by Crippen LogP contribution is -2.42. The highest BCUT2D eigenvalue weighted by Crippen LogP contribution is 2.24. The molecule has 1 N–H and O–H groups in total. The summed E-state index contributed by atoms with van der Waals surface area (Å²) >= 11 is 3.48. The molecule has 1 aromatic carbocycles. The van der Waals surface area contributed by atoms with Crippen molar-refractivity contribution in [3.63, 3.8) is 0 Å². The van der Waals surface area contributed by atoms with E-state index in [0.717, 1.165) is 22.3 Å². The van der Waals surface area contributed by atoms with E-state index in [1.165, 1.54) is 0 Å². The van der Waals surface area contributed by atoms with Crippen LogP contribution in [0.1, 0.15) is 37.1 Å². The number of benzene rings is 1. The number of nitrogens with one attached hydrogen (secondary N) is 1. The quantitative estimate of drug-likeness (QED) is 0.820. The number of ether oxygens (including phenoxy) is 1. The molecular weight excluding hydrogens is 386 g/mol. The third kappa shape index (κ3) is 4.90.